The lowest BCUT2D eigenvalue weighted by molar-refractivity contribution is -0.0124. The average molecular weight is 261 g/mol. The molecule has 0 heterocycles. The summed E-state index contributed by atoms with van der Waals surface area (Å²) in [5, 5.41) is 9.04. The van der Waals surface area contributed by atoms with Gasteiger partial charge in [-0.05, 0) is 18.2 Å². The minimum atomic E-state index is -0.366. The molecule has 76 valence electrons. The van der Waals surface area contributed by atoms with E-state index in [-0.39, 0.29) is 23.8 Å². The van der Waals surface area contributed by atoms with Crippen LogP contribution in [0.4, 0.5) is 4.39 Å². The van der Waals surface area contributed by atoms with Crippen LogP contribution in [0.2, 0.25) is 0 Å². The smallest absolute Gasteiger partial charge is 0.165 e. The molecule has 2 nitrogen and oxygen atoms in total. The van der Waals surface area contributed by atoms with Gasteiger partial charge in [0.25, 0.3) is 0 Å². The number of hydrogen-bond donors (Lipinski definition) is 1. The molecule has 2 rings (SSSR count). The van der Waals surface area contributed by atoms with Crippen molar-refractivity contribution in [2.24, 2.45) is 0 Å². The van der Waals surface area contributed by atoms with E-state index in [0.29, 0.717) is 12.8 Å². The molecule has 0 aromatic heterocycles. The fourth-order valence-corrected chi connectivity index (χ4v) is 1.72. The Bertz CT molecular complexity index is 337. The highest BCUT2D eigenvalue weighted by Gasteiger charge is 2.29. The van der Waals surface area contributed by atoms with E-state index in [1.807, 2.05) is 0 Å². The van der Waals surface area contributed by atoms with Crippen LogP contribution in [0.25, 0.3) is 0 Å². The molecule has 14 heavy (non-hydrogen) atoms. The predicted molar refractivity (Wildman–Crippen MR) is 53.8 cm³/mol. The third kappa shape index (κ3) is 2.07. The van der Waals surface area contributed by atoms with Crippen LogP contribution in [-0.4, -0.2) is 17.3 Å². The lowest BCUT2D eigenvalue weighted by atomic mass is 9.92. The van der Waals surface area contributed by atoms with Crippen molar-refractivity contribution in [3.05, 3.63) is 28.5 Å². The fourth-order valence-electron chi connectivity index (χ4n) is 1.38. The lowest BCUT2D eigenvalue weighted by Gasteiger charge is -2.31. The second kappa shape index (κ2) is 3.87. The van der Waals surface area contributed by atoms with Gasteiger partial charge in [-0.15, -0.1) is 0 Å². The van der Waals surface area contributed by atoms with Crippen LogP contribution in [-0.2, 0) is 0 Å². The quantitative estimate of drug-likeness (QED) is 0.886. The molecule has 0 bridgehead atoms. The van der Waals surface area contributed by atoms with Gasteiger partial charge in [0, 0.05) is 17.3 Å². The van der Waals surface area contributed by atoms with Crippen LogP contribution in [0.3, 0.4) is 0 Å². The molecule has 1 saturated carbocycles. The first kappa shape index (κ1) is 9.93. The summed E-state index contributed by atoms with van der Waals surface area (Å²) in [4.78, 5) is 0. The monoisotopic (exact) mass is 260 g/mol. The standard InChI is InChI=1S/C10H10BrFO2/c11-6-1-2-9(12)10(3-6)14-8-4-7(13)5-8/h1-3,7-8,13H,4-5H2. The Morgan fingerprint density at radius 1 is 1.43 bits per heavy atom. The maximum absolute atomic E-state index is 13.2. The largest absolute Gasteiger partial charge is 0.487 e. The van der Waals surface area contributed by atoms with E-state index in [1.54, 1.807) is 12.1 Å². The first-order valence-corrected chi connectivity index (χ1v) is 5.24. The summed E-state index contributed by atoms with van der Waals surface area (Å²) in [6, 6.07) is 4.58. The van der Waals surface area contributed by atoms with Crippen molar-refractivity contribution in [1.82, 2.24) is 0 Å². The number of halogens is 2. The summed E-state index contributed by atoms with van der Waals surface area (Å²) in [5.41, 5.74) is 0. The maximum Gasteiger partial charge on any atom is 0.165 e. The summed E-state index contributed by atoms with van der Waals surface area (Å²) in [7, 11) is 0. The highest BCUT2D eigenvalue weighted by atomic mass is 79.9. The average Bonchev–Trinajstić information content (AvgIpc) is 2.09. The van der Waals surface area contributed by atoms with Gasteiger partial charge in [0.15, 0.2) is 11.6 Å². The Balaban J connectivity index is 2.05. The molecule has 4 heteroatoms. The molecule has 1 aromatic carbocycles. The summed E-state index contributed by atoms with van der Waals surface area (Å²) >= 11 is 3.24. The number of aliphatic hydroxyl groups is 1. The Morgan fingerprint density at radius 2 is 2.14 bits per heavy atom. The van der Waals surface area contributed by atoms with Crippen molar-refractivity contribution in [3.8, 4) is 5.75 Å². The first-order chi connectivity index (χ1) is 6.65. The van der Waals surface area contributed by atoms with Gasteiger partial charge >= 0.3 is 0 Å². The van der Waals surface area contributed by atoms with Crippen LogP contribution in [0, 0.1) is 5.82 Å². The van der Waals surface area contributed by atoms with E-state index < -0.39 is 0 Å². The SMILES string of the molecule is OC1CC(Oc2cc(Br)ccc2F)C1. The van der Waals surface area contributed by atoms with Crippen LogP contribution >= 0.6 is 15.9 Å². The lowest BCUT2D eigenvalue weighted by Crippen LogP contribution is -2.37. The number of benzene rings is 1. The molecule has 1 fully saturated rings. The molecule has 0 radical (unpaired) electrons. The molecule has 0 amide bonds. The highest BCUT2D eigenvalue weighted by molar-refractivity contribution is 9.10. The number of aliphatic hydroxyl groups excluding tert-OH is 1. The van der Waals surface area contributed by atoms with Gasteiger partial charge in [-0.2, -0.15) is 0 Å². The van der Waals surface area contributed by atoms with Crippen LogP contribution in [0.1, 0.15) is 12.8 Å². The van der Waals surface area contributed by atoms with Crippen LogP contribution in [0.5, 0.6) is 5.75 Å². The first-order valence-electron chi connectivity index (χ1n) is 4.45. The van der Waals surface area contributed by atoms with Crippen molar-refractivity contribution in [3.63, 3.8) is 0 Å². The number of ether oxygens (including phenoxy) is 1. The minimum Gasteiger partial charge on any atom is -0.487 e. The van der Waals surface area contributed by atoms with Crippen molar-refractivity contribution >= 4 is 15.9 Å². The van der Waals surface area contributed by atoms with E-state index >= 15 is 0 Å². The second-order valence-electron chi connectivity index (χ2n) is 3.44. The van der Waals surface area contributed by atoms with Gasteiger partial charge in [-0.3, -0.25) is 0 Å². The third-order valence-corrected chi connectivity index (χ3v) is 2.75. The fraction of sp³-hybridized carbons (Fsp3) is 0.400. The molecule has 0 saturated heterocycles. The molecule has 1 N–H and O–H groups in total. The minimum absolute atomic E-state index is 0.0474. The molecule has 1 aromatic rings. The van der Waals surface area contributed by atoms with E-state index in [1.165, 1.54) is 6.07 Å². The molecular formula is C10H10BrFO2. The molecule has 0 unspecified atom stereocenters. The van der Waals surface area contributed by atoms with E-state index in [4.69, 9.17) is 9.84 Å². The van der Waals surface area contributed by atoms with Crippen molar-refractivity contribution < 1.29 is 14.2 Å². The second-order valence-corrected chi connectivity index (χ2v) is 4.36. The summed E-state index contributed by atoms with van der Waals surface area (Å²) in [5.74, 6) is -0.120. The van der Waals surface area contributed by atoms with Crippen LogP contribution in [0.15, 0.2) is 22.7 Å². The Morgan fingerprint density at radius 3 is 2.79 bits per heavy atom. The molecular weight excluding hydrogens is 251 g/mol. The van der Waals surface area contributed by atoms with Gasteiger partial charge in [-0.25, -0.2) is 4.39 Å². The summed E-state index contributed by atoms with van der Waals surface area (Å²) < 4.78 is 19.3. The molecule has 0 atom stereocenters. The molecule has 1 aliphatic carbocycles. The van der Waals surface area contributed by atoms with Gasteiger partial charge in [-0.1, -0.05) is 15.9 Å². The topological polar surface area (TPSA) is 29.5 Å². The Labute approximate surface area is 89.8 Å². The van der Waals surface area contributed by atoms with Gasteiger partial charge in [0.05, 0.1) is 6.10 Å². The van der Waals surface area contributed by atoms with Crippen molar-refractivity contribution in [2.45, 2.75) is 25.0 Å². The molecule has 0 spiro atoms. The molecule has 1 aliphatic rings. The predicted octanol–water partition coefficient (Wildman–Crippen LogP) is 2.49. The van der Waals surface area contributed by atoms with E-state index in [9.17, 15) is 4.39 Å². The Hall–Kier alpha value is -0.610. The van der Waals surface area contributed by atoms with Crippen LogP contribution < -0.4 is 4.74 Å². The highest BCUT2D eigenvalue weighted by Crippen LogP contribution is 2.29. The van der Waals surface area contributed by atoms with Crippen molar-refractivity contribution in [1.29, 1.82) is 0 Å². The molecule has 0 aliphatic heterocycles. The normalized spacial score (nSPS) is 25.6. The van der Waals surface area contributed by atoms with Gasteiger partial charge < -0.3 is 9.84 Å². The van der Waals surface area contributed by atoms with E-state index in [2.05, 4.69) is 15.9 Å². The number of rotatable bonds is 2. The maximum atomic E-state index is 13.2. The number of hydrogen-bond acceptors (Lipinski definition) is 2. The Kier molecular flexibility index (Phi) is 2.74. The van der Waals surface area contributed by atoms with Gasteiger partial charge in [0.1, 0.15) is 6.10 Å². The van der Waals surface area contributed by atoms with Gasteiger partial charge in [0.2, 0.25) is 0 Å². The summed E-state index contributed by atoms with van der Waals surface area (Å²) in [6.45, 7) is 0. The zero-order valence-corrected chi connectivity index (χ0v) is 9.00. The summed E-state index contributed by atoms with van der Waals surface area (Å²) in [6.07, 6.45) is 0.849. The van der Waals surface area contributed by atoms with Crippen molar-refractivity contribution in [2.75, 3.05) is 0 Å². The zero-order valence-electron chi connectivity index (χ0n) is 7.41. The zero-order chi connectivity index (χ0) is 10.1. The van der Waals surface area contributed by atoms with E-state index in [0.717, 1.165) is 4.47 Å². The third-order valence-electron chi connectivity index (χ3n) is 2.26.